The molecule has 2 unspecified atom stereocenters. The number of rotatable bonds is 1. The van der Waals surface area contributed by atoms with Crippen molar-refractivity contribution in [1.29, 1.82) is 0 Å². The van der Waals surface area contributed by atoms with Gasteiger partial charge in [0.15, 0.2) is 0 Å². The molecule has 0 aromatic rings. The Balaban J connectivity index is 1.73. The number of hydrogen-bond acceptors (Lipinski definition) is 3. The van der Waals surface area contributed by atoms with Crippen LogP contribution in [0.4, 0.5) is 0 Å². The second-order valence-electron chi connectivity index (χ2n) is 5.45. The van der Waals surface area contributed by atoms with Crippen molar-refractivity contribution in [3.63, 3.8) is 0 Å². The zero-order valence-electron chi connectivity index (χ0n) is 9.45. The normalized spacial score (nSPS) is 40.6. The molecule has 2 heterocycles. The second-order valence-corrected chi connectivity index (χ2v) is 5.45. The highest BCUT2D eigenvalue weighted by Gasteiger charge is 2.55. The molecule has 1 saturated carbocycles. The summed E-state index contributed by atoms with van der Waals surface area (Å²) in [6.45, 7) is 4.47. The first-order chi connectivity index (χ1) is 7.33. The van der Waals surface area contributed by atoms with E-state index in [1.807, 2.05) is 0 Å². The van der Waals surface area contributed by atoms with E-state index in [0.29, 0.717) is 11.5 Å². The van der Waals surface area contributed by atoms with E-state index in [4.69, 9.17) is 10.5 Å². The molecule has 0 bridgehead atoms. The third-order valence-corrected chi connectivity index (χ3v) is 4.88. The summed E-state index contributed by atoms with van der Waals surface area (Å²) in [5.74, 6) is 0. The standard InChI is InChI=1S/C12H22N2O/c13-10-9-11(14-5-1-2-6-14)12(10)3-7-15-8-4-12/h10-11H,1-9,13H2. The van der Waals surface area contributed by atoms with Gasteiger partial charge in [-0.2, -0.15) is 0 Å². The van der Waals surface area contributed by atoms with Crippen molar-refractivity contribution in [2.24, 2.45) is 11.1 Å². The van der Waals surface area contributed by atoms with Crippen LogP contribution in [0.1, 0.15) is 32.1 Å². The lowest BCUT2D eigenvalue weighted by atomic mass is 9.56. The van der Waals surface area contributed by atoms with Crippen LogP contribution in [-0.2, 0) is 4.74 Å². The fraction of sp³-hybridized carbons (Fsp3) is 1.00. The summed E-state index contributed by atoms with van der Waals surface area (Å²) in [4.78, 5) is 2.69. The monoisotopic (exact) mass is 210 g/mol. The Morgan fingerprint density at radius 3 is 2.40 bits per heavy atom. The van der Waals surface area contributed by atoms with E-state index in [1.165, 1.54) is 45.2 Å². The van der Waals surface area contributed by atoms with Crippen LogP contribution >= 0.6 is 0 Å². The first-order valence-electron chi connectivity index (χ1n) is 6.40. The average Bonchev–Trinajstić information content (AvgIpc) is 2.80. The minimum atomic E-state index is 0.419. The van der Waals surface area contributed by atoms with Gasteiger partial charge in [-0.25, -0.2) is 0 Å². The van der Waals surface area contributed by atoms with Gasteiger partial charge in [-0.05, 0) is 45.2 Å². The number of nitrogens with two attached hydrogens (primary N) is 1. The van der Waals surface area contributed by atoms with Gasteiger partial charge in [-0.1, -0.05) is 0 Å². The topological polar surface area (TPSA) is 38.5 Å². The largest absolute Gasteiger partial charge is 0.381 e. The molecular formula is C12H22N2O. The van der Waals surface area contributed by atoms with E-state index in [9.17, 15) is 0 Å². The Morgan fingerprint density at radius 2 is 1.80 bits per heavy atom. The Bertz CT molecular complexity index is 232. The zero-order chi connectivity index (χ0) is 10.3. The molecule has 1 aliphatic carbocycles. The first-order valence-corrected chi connectivity index (χ1v) is 6.40. The summed E-state index contributed by atoms with van der Waals surface area (Å²) >= 11 is 0. The van der Waals surface area contributed by atoms with Gasteiger partial charge in [0.2, 0.25) is 0 Å². The number of nitrogens with zero attached hydrogens (tertiary/aromatic N) is 1. The molecule has 86 valence electrons. The third-order valence-electron chi connectivity index (χ3n) is 4.88. The van der Waals surface area contributed by atoms with Crippen molar-refractivity contribution in [2.75, 3.05) is 26.3 Å². The predicted molar refractivity (Wildman–Crippen MR) is 59.7 cm³/mol. The molecule has 2 saturated heterocycles. The minimum absolute atomic E-state index is 0.419. The van der Waals surface area contributed by atoms with Crippen LogP contribution in [0.5, 0.6) is 0 Å². The van der Waals surface area contributed by atoms with Crippen molar-refractivity contribution >= 4 is 0 Å². The van der Waals surface area contributed by atoms with Crippen LogP contribution in [0.25, 0.3) is 0 Å². The quantitative estimate of drug-likeness (QED) is 0.701. The Kier molecular flexibility index (Phi) is 2.49. The lowest BCUT2D eigenvalue weighted by Gasteiger charge is -2.59. The lowest BCUT2D eigenvalue weighted by molar-refractivity contribution is -0.108. The van der Waals surface area contributed by atoms with Gasteiger partial charge < -0.3 is 10.5 Å². The van der Waals surface area contributed by atoms with Crippen molar-refractivity contribution in [2.45, 2.75) is 44.2 Å². The fourth-order valence-electron chi connectivity index (χ4n) is 3.82. The maximum absolute atomic E-state index is 6.26. The molecular weight excluding hydrogens is 188 g/mol. The molecule has 0 aromatic heterocycles. The van der Waals surface area contributed by atoms with Gasteiger partial charge >= 0.3 is 0 Å². The zero-order valence-corrected chi connectivity index (χ0v) is 9.45. The van der Waals surface area contributed by atoms with Gasteiger partial charge in [-0.3, -0.25) is 4.90 Å². The highest BCUT2D eigenvalue weighted by Crippen LogP contribution is 2.50. The maximum atomic E-state index is 6.26. The van der Waals surface area contributed by atoms with E-state index >= 15 is 0 Å². The Morgan fingerprint density at radius 1 is 1.13 bits per heavy atom. The van der Waals surface area contributed by atoms with Crippen LogP contribution in [0.2, 0.25) is 0 Å². The number of likely N-dealkylation sites (tertiary alicyclic amines) is 1. The highest BCUT2D eigenvalue weighted by molar-refractivity contribution is 5.11. The molecule has 0 aromatic carbocycles. The molecule has 3 heteroatoms. The van der Waals surface area contributed by atoms with Gasteiger partial charge in [0.1, 0.15) is 0 Å². The summed E-state index contributed by atoms with van der Waals surface area (Å²) in [6.07, 6.45) is 6.38. The summed E-state index contributed by atoms with van der Waals surface area (Å²) in [6, 6.07) is 1.21. The highest BCUT2D eigenvalue weighted by atomic mass is 16.5. The molecule has 2 atom stereocenters. The molecule has 2 aliphatic heterocycles. The first kappa shape index (κ1) is 10.1. The van der Waals surface area contributed by atoms with Crippen molar-refractivity contribution < 1.29 is 4.74 Å². The fourth-order valence-corrected chi connectivity index (χ4v) is 3.82. The summed E-state index contributed by atoms with van der Waals surface area (Å²) in [5, 5.41) is 0. The molecule has 0 radical (unpaired) electrons. The van der Waals surface area contributed by atoms with Crippen molar-refractivity contribution in [1.82, 2.24) is 4.90 Å². The summed E-state index contributed by atoms with van der Waals surface area (Å²) < 4.78 is 5.49. The van der Waals surface area contributed by atoms with E-state index in [2.05, 4.69) is 4.90 Å². The van der Waals surface area contributed by atoms with Crippen molar-refractivity contribution in [3.05, 3.63) is 0 Å². The molecule has 0 amide bonds. The number of ether oxygens (including phenoxy) is 1. The van der Waals surface area contributed by atoms with E-state index in [-0.39, 0.29) is 0 Å². The van der Waals surface area contributed by atoms with E-state index < -0.39 is 0 Å². The molecule has 3 rings (SSSR count). The summed E-state index contributed by atoms with van der Waals surface area (Å²) in [5.41, 5.74) is 6.68. The summed E-state index contributed by atoms with van der Waals surface area (Å²) in [7, 11) is 0. The maximum Gasteiger partial charge on any atom is 0.0472 e. The van der Waals surface area contributed by atoms with Gasteiger partial charge in [0.25, 0.3) is 0 Å². The van der Waals surface area contributed by atoms with Gasteiger partial charge in [0.05, 0.1) is 0 Å². The molecule has 15 heavy (non-hydrogen) atoms. The third kappa shape index (κ3) is 1.44. The SMILES string of the molecule is NC1CC(N2CCCC2)C12CCOCC2. The molecule has 3 nitrogen and oxygen atoms in total. The Hall–Kier alpha value is -0.120. The molecule has 3 aliphatic rings. The van der Waals surface area contributed by atoms with Crippen LogP contribution in [0.15, 0.2) is 0 Å². The lowest BCUT2D eigenvalue weighted by Crippen LogP contribution is -2.68. The second kappa shape index (κ2) is 3.72. The predicted octanol–water partition coefficient (Wildman–Crippen LogP) is 0.979. The van der Waals surface area contributed by atoms with Gasteiger partial charge in [0, 0.05) is 30.7 Å². The van der Waals surface area contributed by atoms with Gasteiger partial charge in [-0.15, -0.1) is 0 Å². The minimum Gasteiger partial charge on any atom is -0.381 e. The van der Waals surface area contributed by atoms with Crippen LogP contribution in [0.3, 0.4) is 0 Å². The van der Waals surface area contributed by atoms with Crippen LogP contribution in [0, 0.1) is 5.41 Å². The Labute approximate surface area is 91.9 Å². The molecule has 1 spiro atoms. The van der Waals surface area contributed by atoms with Crippen LogP contribution < -0.4 is 5.73 Å². The molecule has 3 fully saturated rings. The molecule has 2 N–H and O–H groups in total. The average molecular weight is 210 g/mol. The van der Waals surface area contributed by atoms with Crippen LogP contribution in [-0.4, -0.2) is 43.3 Å². The van der Waals surface area contributed by atoms with Crippen molar-refractivity contribution in [3.8, 4) is 0 Å². The smallest absolute Gasteiger partial charge is 0.0472 e. The number of hydrogen-bond donors (Lipinski definition) is 1. The van der Waals surface area contributed by atoms with E-state index in [1.54, 1.807) is 0 Å². The van der Waals surface area contributed by atoms with E-state index in [0.717, 1.165) is 19.3 Å².